The number of phosphoric ester groups is 2. The summed E-state index contributed by atoms with van der Waals surface area (Å²) in [5.74, 6) is -1.49. The Hall–Kier alpha value is -1.94. The molecule has 0 aromatic heterocycles. The van der Waals surface area contributed by atoms with Gasteiger partial charge in [0.15, 0.2) is 12.2 Å². The topological polar surface area (TPSA) is 237 Å². The second kappa shape index (κ2) is 52.2. The first kappa shape index (κ1) is 75.1. The van der Waals surface area contributed by atoms with Crippen LogP contribution in [0.25, 0.3) is 0 Å². The molecular weight excluding hydrogens is 1030 g/mol. The molecule has 17 nitrogen and oxygen atoms in total. The highest BCUT2D eigenvalue weighted by molar-refractivity contribution is 7.47. The summed E-state index contributed by atoms with van der Waals surface area (Å²) in [7, 11) is -9.86. The van der Waals surface area contributed by atoms with Crippen molar-refractivity contribution in [3.63, 3.8) is 0 Å². The van der Waals surface area contributed by atoms with Crippen molar-refractivity contribution in [2.45, 2.75) is 303 Å². The molecule has 0 amide bonds. The number of carbonyl (C=O) groups is 4. The highest BCUT2D eigenvalue weighted by Gasteiger charge is 2.30. The van der Waals surface area contributed by atoms with Gasteiger partial charge in [-0.1, -0.05) is 234 Å². The van der Waals surface area contributed by atoms with E-state index in [9.17, 15) is 43.2 Å². The van der Waals surface area contributed by atoms with Crippen molar-refractivity contribution >= 4 is 39.5 Å². The number of hydrogen-bond acceptors (Lipinski definition) is 15. The number of aliphatic hydroxyl groups excluding tert-OH is 1. The molecule has 0 aliphatic rings. The van der Waals surface area contributed by atoms with Crippen molar-refractivity contribution in [2.75, 3.05) is 39.6 Å². The van der Waals surface area contributed by atoms with Gasteiger partial charge in [0.25, 0.3) is 0 Å². The monoisotopic (exact) mass is 1140 g/mol. The number of rotatable bonds is 58. The Kier molecular flexibility index (Phi) is 50.8. The van der Waals surface area contributed by atoms with Crippen LogP contribution < -0.4 is 0 Å². The molecule has 0 aromatic carbocycles. The molecule has 0 saturated heterocycles. The largest absolute Gasteiger partial charge is 0.472 e. The standard InChI is InChI=1S/C58H112O17P2/c1-6-9-12-15-17-19-21-22-23-25-27-33-38-43-57(62)74-54(48-69-56(61)42-37-32-26-24-20-18-16-13-10-7-2)50-73-77(66,67)71-46-52(59)45-70-76(64,65)72-49-53(47-68-55(60)41-36-30-14-11-8-3)75-58(63)44-39-34-29-28-31-35-40-51(4)5/h51-54,59H,6-50H2,1-5H3,(H,64,65)(H,66,67)/t52-,53+,54+/m0/s1. The van der Waals surface area contributed by atoms with Crippen molar-refractivity contribution < 1.29 is 80.2 Å². The van der Waals surface area contributed by atoms with Gasteiger partial charge >= 0.3 is 39.5 Å². The highest BCUT2D eigenvalue weighted by atomic mass is 31.2. The predicted octanol–water partition coefficient (Wildman–Crippen LogP) is 15.5. The van der Waals surface area contributed by atoms with Crippen molar-refractivity contribution in [2.24, 2.45) is 5.92 Å². The maximum absolute atomic E-state index is 12.9. The molecule has 19 heteroatoms. The van der Waals surface area contributed by atoms with Gasteiger partial charge in [0.1, 0.15) is 19.3 Å². The van der Waals surface area contributed by atoms with Crippen LogP contribution >= 0.6 is 15.6 Å². The summed E-state index contributed by atoms with van der Waals surface area (Å²) in [4.78, 5) is 71.6. The molecule has 456 valence electrons. The Morgan fingerprint density at radius 1 is 0.351 bits per heavy atom. The van der Waals surface area contributed by atoms with Crippen LogP contribution in [0.3, 0.4) is 0 Å². The van der Waals surface area contributed by atoms with E-state index >= 15 is 0 Å². The van der Waals surface area contributed by atoms with Crippen LogP contribution in [0, 0.1) is 5.92 Å². The number of aliphatic hydroxyl groups is 1. The maximum Gasteiger partial charge on any atom is 0.472 e. The fraction of sp³-hybridized carbons (Fsp3) is 0.931. The van der Waals surface area contributed by atoms with Gasteiger partial charge in [0.2, 0.25) is 0 Å². The lowest BCUT2D eigenvalue weighted by atomic mass is 10.0. The predicted molar refractivity (Wildman–Crippen MR) is 303 cm³/mol. The molecular formula is C58H112O17P2. The molecule has 3 N–H and O–H groups in total. The molecule has 0 aliphatic heterocycles. The van der Waals surface area contributed by atoms with Crippen molar-refractivity contribution in [1.29, 1.82) is 0 Å². The molecule has 2 unspecified atom stereocenters. The molecule has 0 heterocycles. The molecule has 0 aromatic rings. The SMILES string of the molecule is CCCCCCCCCCCCCCCC(=O)O[C@H](COC(=O)CCCCCCCCCCCC)COP(=O)(O)OC[C@@H](O)COP(=O)(O)OC[C@@H](COC(=O)CCCCCCC)OC(=O)CCCCCCCCC(C)C. The van der Waals surface area contributed by atoms with Gasteiger partial charge in [-0.05, 0) is 31.6 Å². The lowest BCUT2D eigenvalue weighted by molar-refractivity contribution is -0.161. The van der Waals surface area contributed by atoms with E-state index in [1.165, 1.54) is 103 Å². The van der Waals surface area contributed by atoms with E-state index in [2.05, 4.69) is 34.6 Å². The van der Waals surface area contributed by atoms with Crippen molar-refractivity contribution in [1.82, 2.24) is 0 Å². The van der Waals surface area contributed by atoms with Crippen LogP contribution in [0.4, 0.5) is 0 Å². The highest BCUT2D eigenvalue weighted by Crippen LogP contribution is 2.45. The third kappa shape index (κ3) is 53.2. The second-order valence-corrected chi connectivity index (χ2v) is 24.4. The second-order valence-electron chi connectivity index (χ2n) is 21.5. The number of esters is 4. The Morgan fingerprint density at radius 2 is 0.597 bits per heavy atom. The minimum absolute atomic E-state index is 0.101. The van der Waals surface area contributed by atoms with Crippen LogP contribution in [-0.2, 0) is 65.4 Å². The third-order valence-corrected chi connectivity index (χ3v) is 15.2. The molecule has 0 fully saturated rings. The number of hydrogen-bond donors (Lipinski definition) is 3. The fourth-order valence-electron chi connectivity index (χ4n) is 8.52. The average Bonchev–Trinajstić information content (AvgIpc) is 3.39. The van der Waals surface area contributed by atoms with Gasteiger partial charge in [-0.2, -0.15) is 0 Å². The van der Waals surface area contributed by atoms with E-state index in [4.69, 9.17) is 37.0 Å². The van der Waals surface area contributed by atoms with Gasteiger partial charge < -0.3 is 33.8 Å². The first-order valence-electron chi connectivity index (χ1n) is 30.6. The summed E-state index contributed by atoms with van der Waals surface area (Å²) in [5.41, 5.74) is 0. The third-order valence-electron chi connectivity index (χ3n) is 13.3. The Labute approximate surface area is 467 Å². The summed E-state index contributed by atoms with van der Waals surface area (Å²) in [6.45, 7) is 6.96. The zero-order valence-electron chi connectivity index (χ0n) is 49.1. The summed E-state index contributed by atoms with van der Waals surface area (Å²) in [5, 5.41) is 10.5. The molecule has 0 aliphatic carbocycles. The smallest absolute Gasteiger partial charge is 0.462 e. The van der Waals surface area contributed by atoms with Gasteiger partial charge in [0.05, 0.1) is 26.4 Å². The first-order chi connectivity index (χ1) is 37.0. The van der Waals surface area contributed by atoms with E-state index in [-0.39, 0.29) is 25.7 Å². The van der Waals surface area contributed by atoms with E-state index in [0.717, 1.165) is 96.3 Å². The summed E-state index contributed by atoms with van der Waals surface area (Å²) in [6, 6.07) is 0. The Balaban J connectivity index is 5.18. The van der Waals surface area contributed by atoms with E-state index < -0.39 is 97.5 Å². The van der Waals surface area contributed by atoms with Gasteiger partial charge in [-0.15, -0.1) is 0 Å². The van der Waals surface area contributed by atoms with Crippen molar-refractivity contribution in [3.8, 4) is 0 Å². The van der Waals surface area contributed by atoms with Crippen LogP contribution in [-0.4, -0.2) is 96.7 Å². The number of phosphoric acid groups is 2. The number of unbranched alkanes of at least 4 members (excludes halogenated alkanes) is 30. The zero-order chi connectivity index (χ0) is 57.1. The summed E-state index contributed by atoms with van der Waals surface area (Å²) < 4.78 is 67.5. The zero-order valence-corrected chi connectivity index (χ0v) is 50.9. The van der Waals surface area contributed by atoms with E-state index in [0.29, 0.717) is 31.6 Å². The number of carbonyl (C=O) groups excluding carboxylic acids is 4. The van der Waals surface area contributed by atoms with Crippen LogP contribution in [0.5, 0.6) is 0 Å². The van der Waals surface area contributed by atoms with Crippen LogP contribution in [0.15, 0.2) is 0 Å². The molecule has 0 rings (SSSR count). The molecule has 0 bridgehead atoms. The molecule has 0 radical (unpaired) electrons. The molecule has 0 saturated carbocycles. The number of ether oxygens (including phenoxy) is 4. The van der Waals surface area contributed by atoms with Gasteiger partial charge in [-0.25, -0.2) is 9.13 Å². The average molecular weight is 1140 g/mol. The normalized spacial score (nSPS) is 14.4. The maximum atomic E-state index is 12.9. The van der Waals surface area contributed by atoms with Crippen LogP contribution in [0.1, 0.15) is 285 Å². The van der Waals surface area contributed by atoms with E-state index in [1.807, 2.05) is 0 Å². The lowest BCUT2D eigenvalue weighted by Gasteiger charge is -2.21. The van der Waals surface area contributed by atoms with Crippen LogP contribution in [0.2, 0.25) is 0 Å². The van der Waals surface area contributed by atoms with Gasteiger partial charge in [-0.3, -0.25) is 37.3 Å². The molecule has 5 atom stereocenters. The quantitative estimate of drug-likeness (QED) is 0.0222. The minimum Gasteiger partial charge on any atom is -0.462 e. The fourth-order valence-corrected chi connectivity index (χ4v) is 10.1. The first-order valence-corrected chi connectivity index (χ1v) is 33.6. The summed E-state index contributed by atoms with van der Waals surface area (Å²) in [6.07, 6.45) is 33.9. The van der Waals surface area contributed by atoms with Gasteiger partial charge in [0, 0.05) is 25.7 Å². The Morgan fingerprint density at radius 3 is 0.883 bits per heavy atom. The molecule has 77 heavy (non-hydrogen) atoms. The minimum atomic E-state index is -4.93. The Bertz CT molecular complexity index is 1520. The lowest BCUT2D eigenvalue weighted by Crippen LogP contribution is -2.30. The summed E-state index contributed by atoms with van der Waals surface area (Å²) >= 11 is 0. The van der Waals surface area contributed by atoms with E-state index in [1.54, 1.807) is 0 Å². The molecule has 0 spiro atoms. The van der Waals surface area contributed by atoms with Crippen molar-refractivity contribution in [3.05, 3.63) is 0 Å².